The topological polar surface area (TPSA) is 89.7 Å². The monoisotopic (exact) mass is 505 g/mol. The highest BCUT2D eigenvalue weighted by Crippen LogP contribution is 2.49. The molecule has 4 heterocycles. The molecule has 3 aromatic heterocycles. The Hall–Kier alpha value is -3.66. The van der Waals surface area contributed by atoms with Gasteiger partial charge in [-0.1, -0.05) is 6.07 Å². The summed E-state index contributed by atoms with van der Waals surface area (Å²) in [6, 6.07) is 8.62. The van der Waals surface area contributed by atoms with Crippen LogP contribution in [0.5, 0.6) is 0 Å². The minimum Gasteiger partial charge on any atom is -0.324 e. The van der Waals surface area contributed by atoms with Gasteiger partial charge in [-0.25, -0.2) is 28.1 Å². The zero-order chi connectivity index (χ0) is 26.1. The molecule has 192 valence electrons. The summed E-state index contributed by atoms with van der Waals surface area (Å²) >= 11 is 0. The van der Waals surface area contributed by atoms with Crippen LogP contribution in [0.4, 0.5) is 20.4 Å². The highest BCUT2D eigenvalue weighted by Gasteiger charge is 2.46. The molecule has 2 aliphatic rings. The van der Waals surface area contributed by atoms with E-state index >= 15 is 0 Å². The summed E-state index contributed by atoms with van der Waals surface area (Å²) in [7, 11) is 0. The van der Waals surface area contributed by atoms with Crippen LogP contribution in [0.3, 0.4) is 0 Å². The fraction of sp³-hybridized carbons (Fsp3) is 0.407. The Bertz CT molecular complexity index is 1600. The first kappa shape index (κ1) is 23.7. The summed E-state index contributed by atoms with van der Waals surface area (Å²) in [5, 5.41) is 7.20. The van der Waals surface area contributed by atoms with Crippen molar-refractivity contribution in [3.63, 3.8) is 0 Å². The molecule has 0 bridgehead atoms. The Morgan fingerprint density at radius 2 is 1.95 bits per heavy atom. The van der Waals surface area contributed by atoms with E-state index in [1.54, 1.807) is 0 Å². The van der Waals surface area contributed by atoms with Crippen molar-refractivity contribution in [1.29, 1.82) is 0 Å². The van der Waals surface area contributed by atoms with Gasteiger partial charge >= 0.3 is 0 Å². The average molecular weight is 506 g/mol. The van der Waals surface area contributed by atoms with Gasteiger partial charge in [0, 0.05) is 30.0 Å². The smallest absolute Gasteiger partial charge is 0.278 e. The van der Waals surface area contributed by atoms with Gasteiger partial charge in [-0.3, -0.25) is 4.79 Å². The summed E-state index contributed by atoms with van der Waals surface area (Å²) in [4.78, 5) is 26.6. The lowest BCUT2D eigenvalue weighted by Crippen LogP contribution is -2.36. The second kappa shape index (κ2) is 8.17. The van der Waals surface area contributed by atoms with E-state index in [1.165, 1.54) is 46.6 Å². The van der Waals surface area contributed by atoms with Crippen LogP contribution in [-0.4, -0.2) is 30.9 Å². The Balaban J connectivity index is 1.45. The lowest BCUT2D eigenvalue weighted by Gasteiger charge is -2.27. The van der Waals surface area contributed by atoms with Crippen LogP contribution >= 0.6 is 0 Å². The number of alkyl halides is 1. The highest BCUT2D eigenvalue weighted by atomic mass is 19.1. The maximum absolute atomic E-state index is 14.7. The number of hydrogen-bond donors (Lipinski definition) is 2. The maximum atomic E-state index is 14.7. The molecular formula is C27H29F2N7O. The van der Waals surface area contributed by atoms with Crippen molar-refractivity contribution in [2.24, 2.45) is 0 Å². The zero-order valence-electron chi connectivity index (χ0n) is 21.3. The molecule has 0 radical (unpaired) electrons. The molecule has 0 amide bonds. The summed E-state index contributed by atoms with van der Waals surface area (Å²) in [5.74, 6) is -0.243. The van der Waals surface area contributed by atoms with Gasteiger partial charge in [0.05, 0.1) is 0 Å². The lowest BCUT2D eigenvalue weighted by molar-refractivity contribution is 0.205. The molecule has 4 aromatic rings. The van der Waals surface area contributed by atoms with Crippen molar-refractivity contribution in [1.82, 2.24) is 29.6 Å². The highest BCUT2D eigenvalue weighted by molar-refractivity contribution is 5.77. The molecule has 1 aliphatic carbocycles. The van der Waals surface area contributed by atoms with Crippen LogP contribution in [0.1, 0.15) is 63.4 Å². The number of fused-ring (bicyclic) bond motifs is 3. The van der Waals surface area contributed by atoms with Gasteiger partial charge in [0.15, 0.2) is 11.5 Å². The van der Waals surface area contributed by atoms with Crippen molar-refractivity contribution in [2.45, 2.75) is 64.2 Å². The third-order valence-electron chi connectivity index (χ3n) is 7.21. The summed E-state index contributed by atoms with van der Waals surface area (Å²) in [6.45, 7) is 7.14. The molecule has 1 aliphatic heterocycles. The minimum absolute atomic E-state index is 0.145. The molecule has 1 fully saturated rings. The average Bonchev–Trinajstić information content (AvgIpc) is 3.54. The first-order chi connectivity index (χ1) is 17.6. The molecule has 10 heteroatoms. The predicted molar refractivity (Wildman–Crippen MR) is 138 cm³/mol. The molecule has 1 aromatic carbocycles. The standard InChI is InChI=1S/C27H29F2N7O/c1-15(2)35-24(37)18-14-30-25(32-17-5-6-19-16(13-17)9-12-31-27(19)10-11-27)34-23(18)36(35)21-8-7-20(28)22(33-21)26(3,4)29/h5-8,13-15,31H,9-12H2,1-4H3,(H,30,32,34). The number of nitrogens with one attached hydrogen (secondary N) is 2. The van der Waals surface area contributed by atoms with E-state index in [0.717, 1.165) is 37.6 Å². The minimum atomic E-state index is -2.01. The maximum Gasteiger partial charge on any atom is 0.278 e. The van der Waals surface area contributed by atoms with Gasteiger partial charge in [-0.2, -0.15) is 4.98 Å². The molecule has 37 heavy (non-hydrogen) atoms. The molecule has 8 nitrogen and oxygen atoms in total. The third-order valence-corrected chi connectivity index (χ3v) is 7.21. The molecule has 1 spiro atoms. The summed E-state index contributed by atoms with van der Waals surface area (Å²) in [6.07, 6.45) is 4.76. The summed E-state index contributed by atoms with van der Waals surface area (Å²) in [5.41, 5.74) is 1.33. The van der Waals surface area contributed by atoms with E-state index in [4.69, 9.17) is 0 Å². The second-order valence-corrected chi connectivity index (χ2v) is 10.7. The van der Waals surface area contributed by atoms with Gasteiger partial charge in [0.1, 0.15) is 22.6 Å². The number of benzene rings is 1. The molecule has 0 atom stereocenters. The van der Waals surface area contributed by atoms with E-state index < -0.39 is 11.5 Å². The number of nitrogens with zero attached hydrogens (tertiary/aromatic N) is 5. The predicted octanol–water partition coefficient (Wildman–Crippen LogP) is 4.78. The van der Waals surface area contributed by atoms with Gasteiger partial charge in [0.25, 0.3) is 5.56 Å². The second-order valence-electron chi connectivity index (χ2n) is 10.7. The molecule has 0 saturated heterocycles. The lowest BCUT2D eigenvalue weighted by atomic mass is 9.92. The van der Waals surface area contributed by atoms with E-state index in [1.807, 2.05) is 19.9 Å². The SMILES string of the molecule is CC(C)n1c(=O)c2cnc(Nc3ccc4c(c3)CCNC43CC3)nc2n1-c1ccc(F)c(C(C)(C)F)n1. The van der Waals surface area contributed by atoms with Crippen LogP contribution in [0.25, 0.3) is 16.9 Å². The van der Waals surface area contributed by atoms with Gasteiger partial charge in [0.2, 0.25) is 5.95 Å². The van der Waals surface area contributed by atoms with Crippen LogP contribution in [0.15, 0.2) is 41.3 Å². The van der Waals surface area contributed by atoms with Gasteiger partial charge < -0.3 is 10.6 Å². The number of hydrogen-bond acceptors (Lipinski definition) is 6. The number of anilines is 2. The number of rotatable bonds is 5. The molecular weight excluding hydrogens is 476 g/mol. The van der Waals surface area contributed by atoms with E-state index in [2.05, 4.69) is 37.7 Å². The van der Waals surface area contributed by atoms with Crippen molar-refractivity contribution >= 4 is 22.7 Å². The molecule has 0 unspecified atom stereocenters. The van der Waals surface area contributed by atoms with Crippen molar-refractivity contribution in [3.8, 4) is 5.82 Å². The molecule has 1 saturated carbocycles. The Kier molecular flexibility index (Phi) is 5.24. The third kappa shape index (κ3) is 3.90. The Labute approximate surface area is 212 Å². The first-order valence-electron chi connectivity index (χ1n) is 12.6. The Morgan fingerprint density at radius 1 is 1.16 bits per heavy atom. The van der Waals surface area contributed by atoms with Crippen LogP contribution in [0.2, 0.25) is 0 Å². The zero-order valence-corrected chi connectivity index (χ0v) is 21.3. The Morgan fingerprint density at radius 3 is 2.65 bits per heavy atom. The van der Waals surface area contributed by atoms with Gasteiger partial charge in [-0.15, -0.1) is 0 Å². The van der Waals surface area contributed by atoms with Crippen LogP contribution in [-0.2, 0) is 17.6 Å². The molecule has 2 N–H and O–H groups in total. The van der Waals surface area contributed by atoms with Gasteiger partial charge in [-0.05, 0) is 82.3 Å². The fourth-order valence-corrected chi connectivity index (χ4v) is 5.29. The number of aromatic nitrogens is 5. The largest absolute Gasteiger partial charge is 0.324 e. The first-order valence-corrected chi connectivity index (χ1v) is 12.6. The fourth-order valence-electron chi connectivity index (χ4n) is 5.29. The van der Waals surface area contributed by atoms with E-state index in [0.29, 0.717) is 17.0 Å². The van der Waals surface area contributed by atoms with Crippen LogP contribution in [0, 0.1) is 5.82 Å². The van der Waals surface area contributed by atoms with Crippen molar-refractivity contribution in [2.75, 3.05) is 11.9 Å². The van der Waals surface area contributed by atoms with Crippen LogP contribution < -0.4 is 16.2 Å². The number of halogens is 2. The quantitative estimate of drug-likeness (QED) is 0.406. The van der Waals surface area contributed by atoms with Crippen molar-refractivity contribution in [3.05, 3.63) is 69.5 Å². The normalized spacial score (nSPS) is 16.4. The van der Waals surface area contributed by atoms with E-state index in [-0.39, 0.29) is 28.7 Å². The molecule has 6 rings (SSSR count). The summed E-state index contributed by atoms with van der Waals surface area (Å²) < 4.78 is 32.1. The van der Waals surface area contributed by atoms with E-state index in [9.17, 15) is 13.6 Å². The van der Waals surface area contributed by atoms with Crippen molar-refractivity contribution < 1.29 is 8.78 Å². The number of pyridine rings is 1.